The highest BCUT2D eigenvalue weighted by atomic mass is 19.4. The first-order chi connectivity index (χ1) is 7.30. The fraction of sp³-hybridized carbons (Fsp3) is 0.444. The molecule has 1 aromatic rings. The lowest BCUT2D eigenvalue weighted by atomic mass is 10.2. The predicted molar refractivity (Wildman–Crippen MR) is 49.3 cm³/mol. The van der Waals surface area contributed by atoms with Gasteiger partial charge in [0, 0.05) is 30.9 Å². The second-order valence-electron chi connectivity index (χ2n) is 3.34. The van der Waals surface area contributed by atoms with Crippen molar-refractivity contribution in [2.45, 2.75) is 25.2 Å². The molecule has 0 radical (unpaired) electrons. The molecule has 0 aromatic carbocycles. The van der Waals surface area contributed by atoms with Crippen LogP contribution in [0, 0.1) is 0 Å². The summed E-state index contributed by atoms with van der Waals surface area (Å²) in [5, 5.41) is 8.92. The van der Waals surface area contributed by atoms with E-state index in [0.29, 0.717) is 0 Å². The number of aryl methyl sites for hydroxylation is 1. The van der Waals surface area contributed by atoms with Crippen molar-refractivity contribution in [3.05, 3.63) is 24.0 Å². The SMILES string of the molecule is NC(=O)CCn1ccc(C(O)C(F)(F)F)c1. The number of nitrogens with zero attached hydrogens (tertiary/aromatic N) is 1. The fourth-order valence-corrected chi connectivity index (χ4v) is 1.19. The number of hydrogen-bond acceptors (Lipinski definition) is 2. The second-order valence-corrected chi connectivity index (χ2v) is 3.34. The summed E-state index contributed by atoms with van der Waals surface area (Å²) >= 11 is 0. The predicted octanol–water partition coefficient (Wildman–Crippen LogP) is 0.959. The van der Waals surface area contributed by atoms with Crippen molar-refractivity contribution in [2.75, 3.05) is 0 Å². The van der Waals surface area contributed by atoms with Gasteiger partial charge in [0.05, 0.1) is 0 Å². The first kappa shape index (κ1) is 12.6. The Bertz CT molecular complexity index is 373. The van der Waals surface area contributed by atoms with Gasteiger partial charge in [-0.3, -0.25) is 4.79 Å². The number of hydrogen-bond donors (Lipinski definition) is 2. The Morgan fingerprint density at radius 3 is 2.69 bits per heavy atom. The van der Waals surface area contributed by atoms with Crippen LogP contribution >= 0.6 is 0 Å². The maximum atomic E-state index is 12.1. The van der Waals surface area contributed by atoms with Crippen LogP contribution < -0.4 is 5.73 Å². The zero-order chi connectivity index (χ0) is 12.3. The van der Waals surface area contributed by atoms with Crippen LogP contribution in [0.15, 0.2) is 18.5 Å². The number of aromatic nitrogens is 1. The highest BCUT2D eigenvalue weighted by molar-refractivity contribution is 5.73. The Balaban J connectivity index is 2.68. The number of primary amides is 1. The topological polar surface area (TPSA) is 68.2 Å². The van der Waals surface area contributed by atoms with Gasteiger partial charge in [-0.2, -0.15) is 13.2 Å². The summed E-state index contributed by atoms with van der Waals surface area (Å²) in [7, 11) is 0. The Labute approximate surface area is 89.5 Å². The molecule has 1 aromatic heterocycles. The number of halogens is 3. The Morgan fingerprint density at radius 2 is 2.19 bits per heavy atom. The number of amides is 1. The van der Waals surface area contributed by atoms with Crippen LogP contribution in [0.1, 0.15) is 18.1 Å². The molecule has 0 aliphatic rings. The van der Waals surface area contributed by atoms with E-state index in [1.54, 1.807) is 0 Å². The number of carbonyl (C=O) groups is 1. The lowest BCUT2D eigenvalue weighted by Crippen LogP contribution is -2.19. The first-order valence-electron chi connectivity index (χ1n) is 4.49. The van der Waals surface area contributed by atoms with Gasteiger partial charge in [-0.15, -0.1) is 0 Å². The summed E-state index contributed by atoms with van der Waals surface area (Å²) in [4.78, 5) is 10.5. The molecule has 0 spiro atoms. The molecule has 1 rings (SSSR count). The van der Waals surface area contributed by atoms with Crippen molar-refractivity contribution in [1.82, 2.24) is 4.57 Å². The van der Waals surface area contributed by atoms with E-state index in [9.17, 15) is 18.0 Å². The summed E-state index contributed by atoms with van der Waals surface area (Å²) in [5.74, 6) is -0.536. The standard InChI is InChI=1S/C9H11F3N2O2/c10-9(11,12)8(16)6-1-3-14(5-6)4-2-7(13)15/h1,3,5,8,16H,2,4H2,(H2,13,15). The van der Waals surface area contributed by atoms with Gasteiger partial charge in [-0.25, -0.2) is 0 Å². The van der Waals surface area contributed by atoms with Gasteiger partial charge in [-0.05, 0) is 6.07 Å². The smallest absolute Gasteiger partial charge is 0.379 e. The molecular formula is C9H11F3N2O2. The Hall–Kier alpha value is -1.50. The zero-order valence-electron chi connectivity index (χ0n) is 8.24. The van der Waals surface area contributed by atoms with Gasteiger partial charge in [0.1, 0.15) is 0 Å². The first-order valence-corrected chi connectivity index (χ1v) is 4.49. The zero-order valence-corrected chi connectivity index (χ0v) is 8.24. The molecule has 1 atom stereocenters. The largest absolute Gasteiger partial charge is 0.418 e. The van der Waals surface area contributed by atoms with E-state index in [0.717, 1.165) is 12.3 Å². The second kappa shape index (κ2) is 4.56. The van der Waals surface area contributed by atoms with Crippen LogP contribution in [0.25, 0.3) is 0 Å². The number of carbonyl (C=O) groups excluding carboxylic acids is 1. The highest BCUT2D eigenvalue weighted by Gasteiger charge is 2.39. The van der Waals surface area contributed by atoms with Gasteiger partial charge < -0.3 is 15.4 Å². The minimum Gasteiger partial charge on any atom is -0.379 e. The van der Waals surface area contributed by atoms with Crippen LogP contribution in [-0.4, -0.2) is 21.8 Å². The van der Waals surface area contributed by atoms with Crippen LogP contribution in [0.4, 0.5) is 13.2 Å². The maximum Gasteiger partial charge on any atom is 0.418 e. The van der Waals surface area contributed by atoms with Gasteiger partial charge in [0.2, 0.25) is 5.91 Å². The molecule has 90 valence electrons. The van der Waals surface area contributed by atoms with Gasteiger partial charge >= 0.3 is 6.18 Å². The minimum atomic E-state index is -4.68. The molecule has 1 unspecified atom stereocenters. The Morgan fingerprint density at radius 1 is 1.56 bits per heavy atom. The van der Waals surface area contributed by atoms with E-state index >= 15 is 0 Å². The molecule has 0 aliphatic heterocycles. The molecule has 0 saturated heterocycles. The van der Waals surface area contributed by atoms with E-state index in [1.165, 1.54) is 10.8 Å². The number of alkyl halides is 3. The third-order valence-corrected chi connectivity index (χ3v) is 2.02. The van der Waals surface area contributed by atoms with Crippen LogP contribution in [0.5, 0.6) is 0 Å². The molecule has 16 heavy (non-hydrogen) atoms. The summed E-state index contributed by atoms with van der Waals surface area (Å²) in [6.07, 6.45) is -4.65. The van der Waals surface area contributed by atoms with Crippen LogP contribution in [0.3, 0.4) is 0 Å². The summed E-state index contributed by atoms with van der Waals surface area (Å²) in [6.45, 7) is 0.194. The third-order valence-electron chi connectivity index (χ3n) is 2.02. The monoisotopic (exact) mass is 236 g/mol. The number of nitrogens with two attached hydrogens (primary N) is 1. The van der Waals surface area contributed by atoms with E-state index in [4.69, 9.17) is 10.8 Å². The average Bonchev–Trinajstić information content (AvgIpc) is 2.60. The van der Waals surface area contributed by atoms with E-state index < -0.39 is 18.2 Å². The van der Waals surface area contributed by atoms with Crippen molar-refractivity contribution < 1.29 is 23.1 Å². The van der Waals surface area contributed by atoms with Crippen molar-refractivity contribution in [1.29, 1.82) is 0 Å². The fourth-order valence-electron chi connectivity index (χ4n) is 1.19. The van der Waals surface area contributed by atoms with Gasteiger partial charge in [0.25, 0.3) is 0 Å². The normalized spacial score (nSPS) is 13.8. The average molecular weight is 236 g/mol. The number of aliphatic hydroxyl groups is 1. The highest BCUT2D eigenvalue weighted by Crippen LogP contribution is 2.32. The van der Waals surface area contributed by atoms with Gasteiger partial charge in [0.15, 0.2) is 6.10 Å². The Kier molecular flexibility index (Phi) is 3.58. The molecule has 1 heterocycles. The molecule has 4 nitrogen and oxygen atoms in total. The molecule has 0 aliphatic carbocycles. The molecular weight excluding hydrogens is 225 g/mol. The molecule has 0 saturated carbocycles. The van der Waals surface area contributed by atoms with E-state index in [-0.39, 0.29) is 18.5 Å². The summed E-state index contributed by atoms with van der Waals surface area (Å²) < 4.78 is 37.7. The van der Waals surface area contributed by atoms with Crippen LogP contribution in [-0.2, 0) is 11.3 Å². The maximum absolute atomic E-state index is 12.1. The van der Waals surface area contributed by atoms with E-state index in [1.807, 2.05) is 0 Å². The van der Waals surface area contributed by atoms with Gasteiger partial charge in [-0.1, -0.05) is 0 Å². The van der Waals surface area contributed by atoms with Crippen molar-refractivity contribution in [2.24, 2.45) is 5.73 Å². The van der Waals surface area contributed by atoms with Crippen LogP contribution in [0.2, 0.25) is 0 Å². The molecule has 0 fully saturated rings. The molecule has 3 N–H and O–H groups in total. The van der Waals surface area contributed by atoms with Crippen molar-refractivity contribution in [3.8, 4) is 0 Å². The molecule has 1 amide bonds. The molecule has 0 bridgehead atoms. The lowest BCUT2D eigenvalue weighted by Gasteiger charge is -2.12. The summed E-state index contributed by atoms with van der Waals surface area (Å²) in [5.41, 5.74) is 4.64. The minimum absolute atomic E-state index is 0.0379. The number of aliphatic hydroxyl groups excluding tert-OH is 1. The molecule has 7 heteroatoms. The summed E-state index contributed by atoms with van der Waals surface area (Å²) in [6, 6.07) is 1.15. The van der Waals surface area contributed by atoms with Crippen molar-refractivity contribution >= 4 is 5.91 Å². The lowest BCUT2D eigenvalue weighted by molar-refractivity contribution is -0.206. The third kappa shape index (κ3) is 3.27. The number of rotatable bonds is 4. The van der Waals surface area contributed by atoms with E-state index in [2.05, 4.69) is 0 Å². The quantitative estimate of drug-likeness (QED) is 0.817. The van der Waals surface area contributed by atoms with Crippen molar-refractivity contribution in [3.63, 3.8) is 0 Å².